The number of rotatable bonds is 6. The molecule has 0 unspecified atom stereocenters. The van der Waals surface area contributed by atoms with Crippen molar-refractivity contribution in [3.8, 4) is 16.4 Å². The van der Waals surface area contributed by atoms with Gasteiger partial charge in [-0.3, -0.25) is 4.79 Å². The van der Waals surface area contributed by atoms with Crippen molar-refractivity contribution in [1.82, 2.24) is 19.7 Å². The molecule has 6 nitrogen and oxygen atoms in total. The molecule has 28 heavy (non-hydrogen) atoms. The maximum Gasteiger partial charge on any atom is 0.293 e. The molecule has 0 bridgehead atoms. The monoisotopic (exact) mass is 423 g/mol. The highest BCUT2D eigenvalue weighted by Gasteiger charge is 2.26. The van der Waals surface area contributed by atoms with E-state index < -0.39 is 0 Å². The predicted octanol–water partition coefficient (Wildman–Crippen LogP) is 3.61. The highest BCUT2D eigenvalue weighted by atomic mass is 35.5. The fourth-order valence-electron chi connectivity index (χ4n) is 2.68. The quantitative estimate of drug-likeness (QED) is 0.657. The second kappa shape index (κ2) is 8.81. The van der Waals surface area contributed by atoms with Crippen LogP contribution in [0, 0.1) is 11.2 Å². The van der Waals surface area contributed by atoms with Crippen LogP contribution in [0.5, 0.6) is 0 Å². The lowest BCUT2D eigenvalue weighted by Crippen LogP contribution is -2.40. The number of carbonyl (C=O) groups is 1. The van der Waals surface area contributed by atoms with Crippen molar-refractivity contribution < 1.29 is 9.18 Å². The van der Waals surface area contributed by atoms with Crippen LogP contribution < -0.4 is 5.73 Å². The standard InChI is InChI=1S/C19H22FN5OS.ClH/c1-19(2,11-21)12-24(3)18(26)16-22-17(15-5-4-10-27-15)25(23-16)14-8-6-13(20)7-9-14;/h4-10H,11-12,21H2,1-3H3;1H. The van der Waals surface area contributed by atoms with Crippen LogP contribution in [0.1, 0.15) is 24.5 Å². The second-order valence-electron chi connectivity index (χ2n) is 7.15. The zero-order chi connectivity index (χ0) is 19.6. The summed E-state index contributed by atoms with van der Waals surface area (Å²) in [4.78, 5) is 19.8. The molecule has 0 saturated heterocycles. The van der Waals surface area contributed by atoms with E-state index >= 15 is 0 Å². The molecule has 1 aromatic carbocycles. The Morgan fingerprint density at radius 1 is 1.29 bits per heavy atom. The number of carbonyl (C=O) groups excluding carboxylic acids is 1. The largest absolute Gasteiger partial charge is 0.338 e. The van der Waals surface area contributed by atoms with Crippen molar-refractivity contribution in [3.05, 3.63) is 53.4 Å². The Kier molecular flexibility index (Phi) is 6.92. The van der Waals surface area contributed by atoms with Gasteiger partial charge in [0.1, 0.15) is 5.82 Å². The first-order valence-electron chi connectivity index (χ1n) is 8.53. The summed E-state index contributed by atoms with van der Waals surface area (Å²) in [6.07, 6.45) is 0. The van der Waals surface area contributed by atoms with Gasteiger partial charge in [0.15, 0.2) is 5.82 Å². The lowest BCUT2D eigenvalue weighted by molar-refractivity contribution is 0.0728. The highest BCUT2D eigenvalue weighted by molar-refractivity contribution is 7.13. The Labute approximate surface area is 173 Å². The molecule has 150 valence electrons. The molecule has 0 aliphatic carbocycles. The summed E-state index contributed by atoms with van der Waals surface area (Å²) < 4.78 is 14.9. The number of nitrogens with zero attached hydrogens (tertiary/aromatic N) is 4. The zero-order valence-corrected chi connectivity index (χ0v) is 17.6. The number of hydrogen-bond donors (Lipinski definition) is 1. The van der Waals surface area contributed by atoms with Crippen LogP contribution in [0.3, 0.4) is 0 Å². The third-order valence-corrected chi connectivity index (χ3v) is 5.04. The first-order valence-corrected chi connectivity index (χ1v) is 9.41. The fraction of sp³-hybridized carbons (Fsp3) is 0.316. The molecule has 9 heteroatoms. The Morgan fingerprint density at radius 2 is 1.96 bits per heavy atom. The summed E-state index contributed by atoms with van der Waals surface area (Å²) in [5, 5.41) is 6.34. The van der Waals surface area contributed by atoms with Crippen LogP contribution in [0.4, 0.5) is 4.39 Å². The number of aromatic nitrogens is 3. The number of benzene rings is 1. The van der Waals surface area contributed by atoms with Gasteiger partial charge in [0.2, 0.25) is 5.82 Å². The molecule has 0 spiro atoms. The fourth-order valence-corrected chi connectivity index (χ4v) is 3.38. The molecular formula is C19H23ClFN5OS. The molecule has 0 saturated carbocycles. The van der Waals surface area contributed by atoms with Crippen molar-refractivity contribution >= 4 is 29.7 Å². The number of nitrogens with two attached hydrogens (primary N) is 1. The van der Waals surface area contributed by atoms with Crippen LogP contribution in [-0.4, -0.2) is 45.7 Å². The van der Waals surface area contributed by atoms with Crippen molar-refractivity contribution in [2.45, 2.75) is 13.8 Å². The SMILES string of the molecule is CN(CC(C)(C)CN)C(=O)c1nc(-c2cccs2)n(-c2ccc(F)cc2)n1.Cl. The molecule has 1 amide bonds. The van der Waals surface area contributed by atoms with E-state index in [1.165, 1.54) is 23.5 Å². The first kappa shape index (κ1) is 22.0. The van der Waals surface area contributed by atoms with Gasteiger partial charge in [-0.1, -0.05) is 19.9 Å². The predicted molar refractivity (Wildman–Crippen MR) is 112 cm³/mol. The van der Waals surface area contributed by atoms with Crippen LogP contribution in [-0.2, 0) is 0 Å². The van der Waals surface area contributed by atoms with Crippen LogP contribution in [0.15, 0.2) is 41.8 Å². The molecule has 2 heterocycles. The highest BCUT2D eigenvalue weighted by Crippen LogP contribution is 2.26. The van der Waals surface area contributed by atoms with Gasteiger partial charge in [-0.15, -0.1) is 28.8 Å². The summed E-state index contributed by atoms with van der Waals surface area (Å²) in [5.41, 5.74) is 6.20. The van der Waals surface area contributed by atoms with E-state index in [0.717, 1.165) is 4.88 Å². The average Bonchev–Trinajstić information content (AvgIpc) is 3.31. The van der Waals surface area contributed by atoms with E-state index in [1.54, 1.807) is 28.8 Å². The van der Waals surface area contributed by atoms with Gasteiger partial charge in [0, 0.05) is 13.6 Å². The summed E-state index contributed by atoms with van der Waals surface area (Å²) in [7, 11) is 1.71. The van der Waals surface area contributed by atoms with E-state index in [4.69, 9.17) is 5.73 Å². The number of hydrogen-bond acceptors (Lipinski definition) is 5. The normalized spacial score (nSPS) is 11.2. The second-order valence-corrected chi connectivity index (χ2v) is 8.10. The number of amides is 1. The molecule has 2 N–H and O–H groups in total. The van der Waals surface area contributed by atoms with Gasteiger partial charge in [0.25, 0.3) is 5.91 Å². The van der Waals surface area contributed by atoms with Gasteiger partial charge >= 0.3 is 0 Å². The molecular weight excluding hydrogens is 401 g/mol. The lowest BCUT2D eigenvalue weighted by atomic mass is 9.93. The summed E-state index contributed by atoms with van der Waals surface area (Å²) in [6.45, 7) is 4.95. The smallest absolute Gasteiger partial charge is 0.293 e. The van der Waals surface area contributed by atoms with E-state index in [-0.39, 0.29) is 35.4 Å². The number of thiophene rings is 1. The third-order valence-electron chi connectivity index (χ3n) is 4.18. The minimum absolute atomic E-state index is 0. The Morgan fingerprint density at radius 3 is 2.54 bits per heavy atom. The van der Waals surface area contributed by atoms with Gasteiger partial charge in [0.05, 0.1) is 10.6 Å². The molecule has 0 atom stereocenters. The molecule has 0 aliphatic rings. The van der Waals surface area contributed by atoms with Gasteiger partial charge < -0.3 is 10.6 Å². The first-order chi connectivity index (χ1) is 12.8. The Hall–Kier alpha value is -2.29. The number of halogens is 2. The molecule has 0 fully saturated rings. The summed E-state index contributed by atoms with van der Waals surface area (Å²) in [6, 6.07) is 9.73. The molecule has 3 aromatic rings. The van der Waals surface area contributed by atoms with E-state index in [9.17, 15) is 9.18 Å². The molecule has 3 rings (SSSR count). The maximum absolute atomic E-state index is 13.3. The van der Waals surface area contributed by atoms with Crippen LogP contribution in [0.25, 0.3) is 16.4 Å². The van der Waals surface area contributed by atoms with Crippen molar-refractivity contribution in [1.29, 1.82) is 0 Å². The van der Waals surface area contributed by atoms with Gasteiger partial charge in [-0.2, -0.15) is 0 Å². The third kappa shape index (κ3) is 4.76. The van der Waals surface area contributed by atoms with Crippen molar-refractivity contribution in [3.63, 3.8) is 0 Å². The van der Waals surface area contributed by atoms with E-state index in [2.05, 4.69) is 10.1 Å². The Balaban J connectivity index is 0.00000280. The molecule has 2 aromatic heterocycles. The zero-order valence-electron chi connectivity index (χ0n) is 15.9. The van der Waals surface area contributed by atoms with Crippen molar-refractivity contribution in [2.75, 3.05) is 20.1 Å². The van der Waals surface area contributed by atoms with Crippen LogP contribution >= 0.6 is 23.7 Å². The van der Waals surface area contributed by atoms with Crippen molar-refractivity contribution in [2.24, 2.45) is 11.1 Å². The topological polar surface area (TPSA) is 77.0 Å². The Bertz CT molecular complexity index is 924. The lowest BCUT2D eigenvalue weighted by Gasteiger charge is -2.28. The average molecular weight is 424 g/mol. The molecule has 0 radical (unpaired) electrons. The van der Waals surface area contributed by atoms with Crippen LogP contribution in [0.2, 0.25) is 0 Å². The van der Waals surface area contributed by atoms with Gasteiger partial charge in [-0.05, 0) is 47.7 Å². The maximum atomic E-state index is 13.3. The van der Waals surface area contributed by atoms with E-state index in [0.29, 0.717) is 24.6 Å². The molecule has 0 aliphatic heterocycles. The van der Waals surface area contributed by atoms with E-state index in [1.807, 2.05) is 31.4 Å². The summed E-state index contributed by atoms with van der Waals surface area (Å²) >= 11 is 1.50. The summed E-state index contributed by atoms with van der Waals surface area (Å²) in [5.74, 6) is 0.0243. The minimum atomic E-state index is -0.336. The van der Waals surface area contributed by atoms with Gasteiger partial charge in [-0.25, -0.2) is 14.1 Å². The minimum Gasteiger partial charge on any atom is -0.338 e.